The van der Waals surface area contributed by atoms with Crippen molar-refractivity contribution in [3.63, 3.8) is 0 Å². The number of hydrogen-bond donors (Lipinski definition) is 1. The maximum atomic E-state index is 11.2. The second kappa shape index (κ2) is 5.30. The van der Waals surface area contributed by atoms with E-state index < -0.39 is 0 Å². The maximum Gasteiger partial charge on any atom is 0.266 e. The average molecular weight is 230 g/mol. The van der Waals surface area contributed by atoms with E-state index in [2.05, 4.69) is 16.9 Å². The number of rotatable bonds is 4. The minimum atomic E-state index is -0.215. The van der Waals surface area contributed by atoms with Crippen LogP contribution >= 0.6 is 0 Å². The van der Waals surface area contributed by atoms with Gasteiger partial charge in [0.05, 0.1) is 24.7 Å². The molecule has 0 aliphatic carbocycles. The minimum absolute atomic E-state index is 0.215. The van der Waals surface area contributed by atoms with Crippen LogP contribution in [0.3, 0.4) is 0 Å². The first kappa shape index (κ1) is 11.4. The summed E-state index contributed by atoms with van der Waals surface area (Å²) in [5.41, 5.74) is 1.31. The molecule has 0 aliphatic rings. The van der Waals surface area contributed by atoms with E-state index in [1.807, 2.05) is 24.3 Å². The number of hydrogen-bond acceptors (Lipinski definition) is 3. The van der Waals surface area contributed by atoms with Gasteiger partial charge in [-0.2, -0.15) is 0 Å². The van der Waals surface area contributed by atoms with Gasteiger partial charge in [-0.05, 0) is 18.6 Å². The summed E-state index contributed by atoms with van der Waals surface area (Å²) in [6.07, 6.45) is 3.81. The number of ether oxygens (including phenoxy) is 1. The molecule has 1 aromatic heterocycles. The highest BCUT2D eigenvalue weighted by atomic mass is 16.5. The molecule has 0 bridgehead atoms. The Kier molecular flexibility index (Phi) is 3.55. The van der Waals surface area contributed by atoms with Crippen LogP contribution in [0, 0.1) is 0 Å². The Morgan fingerprint density at radius 2 is 2.12 bits per heavy atom. The van der Waals surface area contributed by atoms with Crippen molar-refractivity contribution in [3.8, 4) is 17.0 Å². The van der Waals surface area contributed by atoms with Gasteiger partial charge in [-0.15, -0.1) is 0 Å². The van der Waals surface area contributed by atoms with Crippen LogP contribution in [0.15, 0.2) is 41.5 Å². The van der Waals surface area contributed by atoms with Gasteiger partial charge in [0.1, 0.15) is 5.75 Å². The molecule has 1 aromatic carbocycles. The van der Waals surface area contributed by atoms with E-state index in [1.54, 1.807) is 6.20 Å². The molecule has 0 unspecified atom stereocenters. The summed E-state index contributed by atoms with van der Waals surface area (Å²) in [4.78, 5) is 17.9. The van der Waals surface area contributed by atoms with Crippen molar-refractivity contribution in [2.24, 2.45) is 0 Å². The van der Waals surface area contributed by atoms with Crippen LogP contribution in [0.25, 0.3) is 11.3 Å². The van der Waals surface area contributed by atoms with Crippen LogP contribution in [-0.4, -0.2) is 16.6 Å². The van der Waals surface area contributed by atoms with E-state index in [0.29, 0.717) is 12.3 Å². The Balaban J connectivity index is 2.40. The van der Waals surface area contributed by atoms with E-state index in [9.17, 15) is 4.79 Å². The molecule has 1 N–H and O–H groups in total. The van der Waals surface area contributed by atoms with Crippen molar-refractivity contribution in [2.75, 3.05) is 6.61 Å². The molecule has 0 fully saturated rings. The molecule has 4 heteroatoms. The van der Waals surface area contributed by atoms with E-state index in [4.69, 9.17) is 4.74 Å². The van der Waals surface area contributed by atoms with Crippen molar-refractivity contribution in [1.29, 1.82) is 0 Å². The summed E-state index contributed by atoms with van der Waals surface area (Å²) in [6, 6.07) is 7.59. The number of nitrogens with zero attached hydrogens (tertiary/aromatic N) is 1. The Bertz CT molecular complexity index is 549. The maximum absolute atomic E-state index is 11.2. The summed E-state index contributed by atoms with van der Waals surface area (Å²) in [5, 5.41) is 0. The van der Waals surface area contributed by atoms with Crippen LogP contribution in [0.4, 0.5) is 0 Å². The van der Waals surface area contributed by atoms with Gasteiger partial charge < -0.3 is 9.72 Å². The predicted octanol–water partition coefficient (Wildman–Crippen LogP) is 2.23. The quantitative estimate of drug-likeness (QED) is 0.876. The second-order valence-electron chi connectivity index (χ2n) is 3.65. The van der Waals surface area contributed by atoms with Crippen LogP contribution in [0.1, 0.15) is 13.3 Å². The average Bonchev–Trinajstić information content (AvgIpc) is 2.37. The third-order valence-electron chi connectivity index (χ3n) is 2.29. The molecule has 0 radical (unpaired) electrons. The van der Waals surface area contributed by atoms with Gasteiger partial charge in [0, 0.05) is 5.56 Å². The molecule has 88 valence electrons. The van der Waals surface area contributed by atoms with E-state index >= 15 is 0 Å². The zero-order valence-corrected chi connectivity index (χ0v) is 9.64. The third kappa shape index (κ3) is 2.72. The van der Waals surface area contributed by atoms with Crippen LogP contribution in [0.5, 0.6) is 5.75 Å². The number of aromatic nitrogens is 2. The Morgan fingerprint density at radius 3 is 2.88 bits per heavy atom. The lowest BCUT2D eigenvalue weighted by atomic mass is 10.1. The van der Waals surface area contributed by atoms with Crippen molar-refractivity contribution >= 4 is 0 Å². The summed E-state index contributed by atoms with van der Waals surface area (Å²) >= 11 is 0. The summed E-state index contributed by atoms with van der Waals surface area (Å²) in [7, 11) is 0. The first-order chi connectivity index (χ1) is 8.31. The highest BCUT2D eigenvalue weighted by Crippen LogP contribution is 2.27. The predicted molar refractivity (Wildman–Crippen MR) is 66.1 cm³/mol. The fourth-order valence-electron chi connectivity index (χ4n) is 1.54. The van der Waals surface area contributed by atoms with Crippen molar-refractivity contribution in [2.45, 2.75) is 13.3 Å². The van der Waals surface area contributed by atoms with Crippen LogP contribution in [-0.2, 0) is 0 Å². The van der Waals surface area contributed by atoms with Crippen molar-refractivity contribution < 1.29 is 4.74 Å². The van der Waals surface area contributed by atoms with Gasteiger partial charge in [-0.3, -0.25) is 9.78 Å². The van der Waals surface area contributed by atoms with Gasteiger partial charge in [-0.1, -0.05) is 19.1 Å². The first-order valence-corrected chi connectivity index (χ1v) is 5.58. The normalized spacial score (nSPS) is 10.2. The SMILES string of the molecule is CCCOc1ccccc1-c1cncc(=O)[nH]1. The van der Waals surface area contributed by atoms with Gasteiger partial charge in [0.25, 0.3) is 5.56 Å². The molecule has 0 atom stereocenters. The molecule has 0 aliphatic heterocycles. The molecule has 0 saturated heterocycles. The van der Waals surface area contributed by atoms with Crippen LogP contribution in [0.2, 0.25) is 0 Å². The molecule has 2 rings (SSSR count). The van der Waals surface area contributed by atoms with Crippen molar-refractivity contribution in [1.82, 2.24) is 9.97 Å². The summed E-state index contributed by atoms with van der Waals surface area (Å²) in [5.74, 6) is 0.762. The van der Waals surface area contributed by atoms with Gasteiger partial charge >= 0.3 is 0 Å². The lowest BCUT2D eigenvalue weighted by Crippen LogP contribution is -2.06. The monoisotopic (exact) mass is 230 g/mol. The zero-order chi connectivity index (χ0) is 12.1. The number of para-hydroxylation sites is 1. The molecular weight excluding hydrogens is 216 g/mol. The van der Waals surface area contributed by atoms with E-state index in [-0.39, 0.29) is 5.56 Å². The van der Waals surface area contributed by atoms with Gasteiger partial charge in [0.2, 0.25) is 0 Å². The largest absolute Gasteiger partial charge is 0.493 e. The highest BCUT2D eigenvalue weighted by Gasteiger charge is 2.06. The highest BCUT2D eigenvalue weighted by molar-refractivity contribution is 5.66. The fourth-order valence-corrected chi connectivity index (χ4v) is 1.54. The molecule has 1 heterocycles. The van der Waals surface area contributed by atoms with E-state index in [0.717, 1.165) is 17.7 Å². The van der Waals surface area contributed by atoms with E-state index in [1.165, 1.54) is 6.20 Å². The van der Waals surface area contributed by atoms with Gasteiger partial charge in [0.15, 0.2) is 0 Å². The van der Waals surface area contributed by atoms with Crippen LogP contribution < -0.4 is 10.3 Å². The lowest BCUT2D eigenvalue weighted by Gasteiger charge is -2.09. The number of nitrogens with one attached hydrogen (secondary N) is 1. The lowest BCUT2D eigenvalue weighted by molar-refractivity contribution is 0.318. The summed E-state index contributed by atoms with van der Waals surface area (Å²) < 4.78 is 5.63. The molecule has 0 spiro atoms. The fraction of sp³-hybridized carbons (Fsp3) is 0.231. The molecule has 0 saturated carbocycles. The Labute approximate surface area is 99.3 Å². The summed E-state index contributed by atoms with van der Waals surface area (Å²) in [6.45, 7) is 2.70. The smallest absolute Gasteiger partial charge is 0.266 e. The minimum Gasteiger partial charge on any atom is -0.493 e. The molecule has 4 nitrogen and oxygen atoms in total. The molecule has 0 amide bonds. The molecule has 2 aromatic rings. The standard InChI is InChI=1S/C13H14N2O2/c1-2-7-17-12-6-4-3-5-10(12)11-8-14-9-13(16)15-11/h3-6,8-9H,2,7H2,1H3,(H,15,16). The Hall–Kier alpha value is -2.10. The number of benzene rings is 1. The Morgan fingerprint density at radius 1 is 1.29 bits per heavy atom. The number of H-pyrrole nitrogens is 1. The number of aromatic amines is 1. The van der Waals surface area contributed by atoms with Crippen molar-refractivity contribution in [3.05, 3.63) is 47.0 Å². The molecular formula is C13H14N2O2. The molecule has 17 heavy (non-hydrogen) atoms. The first-order valence-electron chi connectivity index (χ1n) is 5.58. The third-order valence-corrected chi connectivity index (χ3v) is 2.29. The second-order valence-corrected chi connectivity index (χ2v) is 3.65. The topological polar surface area (TPSA) is 55.0 Å². The van der Waals surface area contributed by atoms with Gasteiger partial charge in [-0.25, -0.2) is 0 Å². The zero-order valence-electron chi connectivity index (χ0n) is 9.64.